The number of benzene rings is 2. The van der Waals surface area contributed by atoms with Crippen LogP contribution in [0.3, 0.4) is 0 Å². The van der Waals surface area contributed by atoms with Crippen molar-refractivity contribution in [2.75, 3.05) is 11.9 Å². The van der Waals surface area contributed by atoms with Crippen molar-refractivity contribution in [1.29, 1.82) is 0 Å². The fourth-order valence-corrected chi connectivity index (χ4v) is 2.33. The second kappa shape index (κ2) is 6.18. The number of halogens is 2. The zero-order valence-electron chi connectivity index (χ0n) is 10.5. The summed E-state index contributed by atoms with van der Waals surface area (Å²) >= 11 is 11.8. The van der Waals surface area contributed by atoms with Gasteiger partial charge >= 0.3 is 0 Å². The molecule has 0 radical (unpaired) electrons. The number of aromatic hydroxyl groups is 1. The van der Waals surface area contributed by atoms with Gasteiger partial charge in [0.05, 0.1) is 10.0 Å². The van der Waals surface area contributed by atoms with E-state index in [-0.39, 0.29) is 15.8 Å². The highest BCUT2D eigenvalue weighted by atomic mass is 35.5. The van der Waals surface area contributed by atoms with Crippen LogP contribution >= 0.6 is 23.2 Å². The summed E-state index contributed by atoms with van der Waals surface area (Å²) in [4.78, 5) is 0. The van der Waals surface area contributed by atoms with Crippen LogP contribution in [0.15, 0.2) is 42.5 Å². The van der Waals surface area contributed by atoms with Crippen LogP contribution < -0.4 is 5.32 Å². The number of anilines is 1. The van der Waals surface area contributed by atoms with E-state index in [1.807, 2.05) is 18.2 Å². The van der Waals surface area contributed by atoms with Gasteiger partial charge in [-0.05, 0) is 23.6 Å². The summed E-state index contributed by atoms with van der Waals surface area (Å²) < 4.78 is 0. The van der Waals surface area contributed by atoms with Crippen molar-refractivity contribution in [1.82, 2.24) is 0 Å². The molecule has 0 saturated heterocycles. The summed E-state index contributed by atoms with van der Waals surface area (Å²) in [6.07, 6.45) is 0. The Morgan fingerprint density at radius 3 is 2.26 bits per heavy atom. The third kappa shape index (κ3) is 3.55. The molecule has 1 atom stereocenters. The summed E-state index contributed by atoms with van der Waals surface area (Å²) in [6, 6.07) is 13.6. The van der Waals surface area contributed by atoms with Gasteiger partial charge in [0.1, 0.15) is 0 Å². The minimum atomic E-state index is -0.0787. The summed E-state index contributed by atoms with van der Waals surface area (Å²) in [5, 5.41) is 13.3. The van der Waals surface area contributed by atoms with E-state index in [4.69, 9.17) is 23.2 Å². The van der Waals surface area contributed by atoms with Crippen LogP contribution in [0.2, 0.25) is 10.0 Å². The SMILES string of the molecule is CC(CNc1cc(Cl)c(O)c(Cl)c1)c1ccccc1. The second-order valence-corrected chi connectivity index (χ2v) is 5.30. The van der Waals surface area contributed by atoms with Gasteiger partial charge in [0.15, 0.2) is 5.75 Å². The molecule has 2 N–H and O–H groups in total. The topological polar surface area (TPSA) is 32.3 Å². The van der Waals surface area contributed by atoms with Gasteiger partial charge in [-0.1, -0.05) is 60.5 Å². The van der Waals surface area contributed by atoms with Crippen molar-refractivity contribution in [2.24, 2.45) is 0 Å². The highest BCUT2D eigenvalue weighted by Crippen LogP contribution is 2.34. The molecular weight excluding hydrogens is 281 g/mol. The summed E-state index contributed by atoms with van der Waals surface area (Å²) in [7, 11) is 0. The van der Waals surface area contributed by atoms with Gasteiger partial charge in [0.2, 0.25) is 0 Å². The number of hydrogen-bond donors (Lipinski definition) is 2. The zero-order valence-corrected chi connectivity index (χ0v) is 12.0. The summed E-state index contributed by atoms with van der Waals surface area (Å²) in [5.74, 6) is 0.289. The molecule has 4 heteroatoms. The monoisotopic (exact) mass is 295 g/mol. The van der Waals surface area contributed by atoms with E-state index < -0.39 is 0 Å². The smallest absolute Gasteiger partial charge is 0.152 e. The lowest BCUT2D eigenvalue weighted by Crippen LogP contribution is -2.09. The molecule has 100 valence electrons. The Morgan fingerprint density at radius 2 is 1.68 bits per heavy atom. The van der Waals surface area contributed by atoms with E-state index in [1.54, 1.807) is 12.1 Å². The van der Waals surface area contributed by atoms with Crippen LogP contribution in [0.4, 0.5) is 5.69 Å². The van der Waals surface area contributed by atoms with Crippen molar-refractivity contribution < 1.29 is 5.11 Å². The first kappa shape index (κ1) is 14.0. The first-order valence-electron chi connectivity index (χ1n) is 6.04. The number of rotatable bonds is 4. The first-order chi connectivity index (χ1) is 9.08. The number of phenolic OH excluding ortho intramolecular Hbond substituents is 1. The third-order valence-corrected chi connectivity index (χ3v) is 3.57. The Kier molecular flexibility index (Phi) is 4.56. The molecule has 0 heterocycles. The molecule has 2 aromatic carbocycles. The lowest BCUT2D eigenvalue weighted by Gasteiger charge is -2.14. The average molecular weight is 296 g/mol. The third-order valence-electron chi connectivity index (χ3n) is 3.00. The van der Waals surface area contributed by atoms with E-state index in [0.717, 1.165) is 12.2 Å². The Hall–Kier alpha value is -1.38. The van der Waals surface area contributed by atoms with Crippen molar-refractivity contribution in [3.05, 3.63) is 58.1 Å². The number of hydrogen-bond acceptors (Lipinski definition) is 2. The van der Waals surface area contributed by atoms with Crippen LogP contribution in [-0.4, -0.2) is 11.7 Å². The van der Waals surface area contributed by atoms with Gasteiger partial charge in [-0.15, -0.1) is 0 Å². The Labute approximate surface area is 123 Å². The lowest BCUT2D eigenvalue weighted by molar-refractivity contribution is 0.476. The largest absolute Gasteiger partial charge is 0.505 e. The second-order valence-electron chi connectivity index (χ2n) is 4.48. The fraction of sp³-hybridized carbons (Fsp3) is 0.200. The molecule has 0 bridgehead atoms. The van der Waals surface area contributed by atoms with Gasteiger partial charge in [-0.3, -0.25) is 0 Å². The van der Waals surface area contributed by atoms with E-state index in [9.17, 15) is 5.11 Å². The van der Waals surface area contributed by atoms with Gasteiger partial charge in [0, 0.05) is 12.2 Å². The van der Waals surface area contributed by atoms with E-state index in [0.29, 0.717) is 5.92 Å². The zero-order chi connectivity index (χ0) is 13.8. The Bertz CT molecular complexity index is 534. The molecular formula is C15H15Cl2NO. The minimum absolute atomic E-state index is 0.0787. The van der Waals surface area contributed by atoms with Crippen molar-refractivity contribution in [2.45, 2.75) is 12.8 Å². The Balaban J connectivity index is 2.03. The van der Waals surface area contributed by atoms with E-state index >= 15 is 0 Å². The van der Waals surface area contributed by atoms with Crippen LogP contribution in [0.1, 0.15) is 18.4 Å². The Morgan fingerprint density at radius 1 is 1.11 bits per heavy atom. The maximum Gasteiger partial charge on any atom is 0.152 e. The maximum absolute atomic E-state index is 9.49. The maximum atomic E-state index is 9.49. The molecule has 0 aliphatic heterocycles. The highest BCUT2D eigenvalue weighted by Gasteiger charge is 2.08. The molecule has 1 unspecified atom stereocenters. The summed E-state index contributed by atoms with van der Waals surface area (Å²) in [5.41, 5.74) is 2.07. The fourth-order valence-electron chi connectivity index (χ4n) is 1.84. The van der Waals surface area contributed by atoms with Gasteiger partial charge in [0.25, 0.3) is 0 Å². The molecule has 0 spiro atoms. The predicted molar refractivity (Wildman–Crippen MR) is 81.5 cm³/mol. The molecule has 2 nitrogen and oxygen atoms in total. The quantitative estimate of drug-likeness (QED) is 0.785. The van der Waals surface area contributed by atoms with Gasteiger partial charge in [-0.25, -0.2) is 0 Å². The lowest BCUT2D eigenvalue weighted by atomic mass is 10.0. The molecule has 2 rings (SSSR count). The van der Waals surface area contributed by atoms with Crippen LogP contribution in [0, 0.1) is 0 Å². The number of nitrogens with one attached hydrogen (secondary N) is 1. The van der Waals surface area contributed by atoms with Crippen molar-refractivity contribution in [3.63, 3.8) is 0 Å². The number of phenols is 1. The molecule has 19 heavy (non-hydrogen) atoms. The summed E-state index contributed by atoms with van der Waals surface area (Å²) in [6.45, 7) is 2.91. The van der Waals surface area contributed by atoms with Gasteiger partial charge in [-0.2, -0.15) is 0 Å². The average Bonchev–Trinajstić information content (AvgIpc) is 2.43. The molecule has 0 saturated carbocycles. The standard InChI is InChI=1S/C15H15Cl2NO/c1-10(11-5-3-2-4-6-11)9-18-12-7-13(16)15(19)14(17)8-12/h2-8,10,18-19H,9H2,1H3. The predicted octanol–water partition coefficient (Wildman–Crippen LogP) is 4.91. The molecule has 0 aromatic heterocycles. The normalized spacial score (nSPS) is 12.2. The van der Waals surface area contributed by atoms with Crippen molar-refractivity contribution >= 4 is 28.9 Å². The van der Waals surface area contributed by atoms with Crippen LogP contribution in [0.25, 0.3) is 0 Å². The van der Waals surface area contributed by atoms with E-state index in [1.165, 1.54) is 5.56 Å². The van der Waals surface area contributed by atoms with Crippen LogP contribution in [0.5, 0.6) is 5.75 Å². The first-order valence-corrected chi connectivity index (χ1v) is 6.80. The molecule has 0 amide bonds. The highest BCUT2D eigenvalue weighted by molar-refractivity contribution is 6.37. The molecule has 0 fully saturated rings. The molecule has 2 aromatic rings. The van der Waals surface area contributed by atoms with Crippen molar-refractivity contribution in [3.8, 4) is 5.75 Å². The van der Waals surface area contributed by atoms with E-state index in [2.05, 4.69) is 24.4 Å². The molecule has 0 aliphatic rings. The van der Waals surface area contributed by atoms with Gasteiger partial charge < -0.3 is 10.4 Å². The van der Waals surface area contributed by atoms with Crippen LogP contribution in [-0.2, 0) is 0 Å². The molecule has 0 aliphatic carbocycles. The minimum Gasteiger partial charge on any atom is -0.505 e.